The molecule has 4 rings (SSSR count). The van der Waals surface area contributed by atoms with Crippen molar-refractivity contribution in [2.45, 2.75) is 29.7 Å². The molecule has 0 aliphatic carbocycles. The van der Waals surface area contributed by atoms with Gasteiger partial charge in [0, 0.05) is 18.1 Å². The van der Waals surface area contributed by atoms with E-state index < -0.39 is 0 Å². The summed E-state index contributed by atoms with van der Waals surface area (Å²) in [7, 11) is 0. The Labute approximate surface area is 177 Å². The Balaban J connectivity index is 1.62. The van der Waals surface area contributed by atoms with Crippen LogP contribution in [0.1, 0.15) is 34.6 Å². The van der Waals surface area contributed by atoms with Crippen LogP contribution in [0.25, 0.3) is 0 Å². The van der Waals surface area contributed by atoms with Gasteiger partial charge in [0.05, 0.1) is 5.56 Å². The van der Waals surface area contributed by atoms with E-state index in [-0.39, 0.29) is 35.4 Å². The van der Waals surface area contributed by atoms with E-state index in [2.05, 4.69) is 21.9 Å². The van der Waals surface area contributed by atoms with E-state index in [1.807, 2.05) is 30.3 Å². The predicted octanol–water partition coefficient (Wildman–Crippen LogP) is 4.40. The number of hydrogen-bond acceptors (Lipinski definition) is 4. The Morgan fingerprint density at radius 1 is 1.17 bits per heavy atom. The number of halogens is 1. The number of hydrogen-bond donors (Lipinski definition) is 2. The Bertz CT molecular complexity index is 1160. The van der Waals surface area contributed by atoms with E-state index in [9.17, 15) is 14.0 Å². The standard InChI is InChI=1S/C23H20FN3O2S/c1-2-4-14-7-9-16(10-8-14)18-12-19(28)25-21-20(18)22(29)27-23(26-21)30-13-15-5-3-6-17(24)11-15/h2-3,5-11,18H,1,4,12-13H2,(H2,25,26,27,28,29). The molecule has 0 saturated carbocycles. The van der Waals surface area contributed by atoms with E-state index in [4.69, 9.17) is 0 Å². The molecule has 1 atom stereocenters. The maximum absolute atomic E-state index is 13.4. The molecule has 0 saturated heterocycles. The number of carbonyl (C=O) groups excluding carboxylic acids is 1. The third kappa shape index (κ3) is 4.36. The number of aromatic amines is 1. The number of aromatic nitrogens is 2. The summed E-state index contributed by atoms with van der Waals surface area (Å²) >= 11 is 1.28. The third-order valence-electron chi connectivity index (χ3n) is 4.96. The van der Waals surface area contributed by atoms with Crippen LogP contribution in [0.4, 0.5) is 10.2 Å². The van der Waals surface area contributed by atoms with Crippen molar-refractivity contribution < 1.29 is 9.18 Å². The van der Waals surface area contributed by atoms with Crippen LogP contribution in [0.5, 0.6) is 0 Å². The van der Waals surface area contributed by atoms with Crippen LogP contribution in [0.2, 0.25) is 0 Å². The van der Waals surface area contributed by atoms with Crippen molar-refractivity contribution in [3.05, 3.63) is 99.6 Å². The first-order chi connectivity index (χ1) is 14.5. The Morgan fingerprint density at radius 3 is 2.70 bits per heavy atom. The van der Waals surface area contributed by atoms with Gasteiger partial charge in [-0.05, 0) is 35.2 Å². The molecule has 0 spiro atoms. The lowest BCUT2D eigenvalue weighted by molar-refractivity contribution is -0.116. The lowest BCUT2D eigenvalue weighted by Gasteiger charge is -2.24. The van der Waals surface area contributed by atoms with Gasteiger partial charge in [-0.1, -0.05) is 54.2 Å². The van der Waals surface area contributed by atoms with Crippen molar-refractivity contribution in [3.8, 4) is 0 Å². The number of amides is 1. The van der Waals surface area contributed by atoms with Crippen LogP contribution in [0.15, 0.2) is 71.1 Å². The summed E-state index contributed by atoms with van der Waals surface area (Å²) in [6.07, 6.45) is 2.78. The fraction of sp³-hybridized carbons (Fsp3) is 0.174. The molecule has 0 fully saturated rings. The van der Waals surface area contributed by atoms with Gasteiger partial charge in [-0.2, -0.15) is 0 Å². The van der Waals surface area contributed by atoms with Gasteiger partial charge in [0.25, 0.3) is 5.56 Å². The zero-order valence-electron chi connectivity index (χ0n) is 16.2. The largest absolute Gasteiger partial charge is 0.310 e. The van der Waals surface area contributed by atoms with Gasteiger partial charge in [0.1, 0.15) is 11.6 Å². The highest BCUT2D eigenvalue weighted by Gasteiger charge is 2.30. The lowest BCUT2D eigenvalue weighted by atomic mass is 9.86. The highest BCUT2D eigenvalue weighted by molar-refractivity contribution is 7.98. The van der Waals surface area contributed by atoms with Crippen LogP contribution in [-0.4, -0.2) is 15.9 Å². The fourth-order valence-electron chi connectivity index (χ4n) is 3.53. The number of rotatable bonds is 6. The molecule has 1 amide bonds. The second-order valence-corrected chi connectivity index (χ2v) is 8.06. The Morgan fingerprint density at radius 2 is 1.97 bits per heavy atom. The van der Waals surface area contributed by atoms with Crippen LogP contribution in [0.3, 0.4) is 0 Å². The second kappa shape index (κ2) is 8.67. The molecular formula is C23H20FN3O2S. The number of nitrogens with one attached hydrogen (secondary N) is 2. The maximum Gasteiger partial charge on any atom is 0.257 e. The number of nitrogens with zero attached hydrogens (tertiary/aromatic N) is 1. The minimum Gasteiger partial charge on any atom is -0.310 e. The molecule has 0 bridgehead atoms. The topological polar surface area (TPSA) is 74.8 Å². The number of anilines is 1. The molecule has 1 aliphatic rings. The predicted molar refractivity (Wildman–Crippen MR) is 116 cm³/mol. The monoisotopic (exact) mass is 421 g/mol. The third-order valence-corrected chi connectivity index (χ3v) is 5.90. The van der Waals surface area contributed by atoms with E-state index >= 15 is 0 Å². The smallest absolute Gasteiger partial charge is 0.257 e. The summed E-state index contributed by atoms with van der Waals surface area (Å²) in [5.74, 6) is -0.111. The van der Waals surface area contributed by atoms with Crippen molar-refractivity contribution in [3.63, 3.8) is 0 Å². The van der Waals surface area contributed by atoms with Gasteiger partial charge in [0.2, 0.25) is 5.91 Å². The van der Waals surface area contributed by atoms with Gasteiger partial charge < -0.3 is 10.3 Å². The normalized spacial score (nSPS) is 15.4. The summed E-state index contributed by atoms with van der Waals surface area (Å²) in [5, 5.41) is 3.10. The van der Waals surface area contributed by atoms with Crippen LogP contribution in [0, 0.1) is 5.82 Å². The summed E-state index contributed by atoms with van der Waals surface area (Å²) < 4.78 is 13.4. The molecule has 2 N–H and O–H groups in total. The van der Waals surface area contributed by atoms with E-state index in [1.165, 1.54) is 23.9 Å². The molecule has 152 valence electrons. The number of benzene rings is 2. The Kier molecular flexibility index (Phi) is 5.81. The lowest BCUT2D eigenvalue weighted by Crippen LogP contribution is -2.31. The average Bonchev–Trinajstić information content (AvgIpc) is 2.72. The number of allylic oxidation sites excluding steroid dienone is 1. The minimum atomic E-state index is -0.356. The molecule has 30 heavy (non-hydrogen) atoms. The van der Waals surface area contributed by atoms with Gasteiger partial charge in [0.15, 0.2) is 5.16 Å². The molecular weight excluding hydrogens is 401 g/mol. The zero-order valence-corrected chi connectivity index (χ0v) is 17.0. The van der Waals surface area contributed by atoms with Crippen molar-refractivity contribution in [2.75, 3.05) is 5.32 Å². The molecule has 1 aromatic heterocycles. The average molecular weight is 421 g/mol. The summed E-state index contributed by atoms with van der Waals surface area (Å²) in [6.45, 7) is 3.74. The SMILES string of the molecule is C=CCc1ccc(C2CC(=O)Nc3nc(SCc4cccc(F)c4)[nH]c(=O)c32)cc1. The molecule has 1 unspecified atom stereocenters. The van der Waals surface area contributed by atoms with Crippen molar-refractivity contribution in [2.24, 2.45) is 0 Å². The molecule has 5 nitrogen and oxygen atoms in total. The molecule has 3 aromatic rings. The van der Waals surface area contributed by atoms with Gasteiger partial charge >= 0.3 is 0 Å². The van der Waals surface area contributed by atoms with E-state index in [1.54, 1.807) is 12.1 Å². The molecule has 1 aliphatic heterocycles. The fourth-order valence-corrected chi connectivity index (χ4v) is 4.34. The van der Waals surface area contributed by atoms with E-state index in [0.717, 1.165) is 23.1 Å². The minimum absolute atomic E-state index is 0.179. The number of carbonyl (C=O) groups is 1. The molecule has 0 radical (unpaired) electrons. The number of thioether (sulfide) groups is 1. The molecule has 7 heteroatoms. The summed E-state index contributed by atoms with van der Waals surface area (Å²) in [6, 6.07) is 14.1. The zero-order chi connectivity index (χ0) is 21.1. The second-order valence-electron chi connectivity index (χ2n) is 7.09. The van der Waals surface area contributed by atoms with Crippen LogP contribution < -0.4 is 10.9 Å². The van der Waals surface area contributed by atoms with Gasteiger partial charge in [-0.15, -0.1) is 6.58 Å². The van der Waals surface area contributed by atoms with Crippen molar-refractivity contribution in [1.82, 2.24) is 9.97 Å². The summed E-state index contributed by atoms with van der Waals surface area (Å²) in [4.78, 5) is 32.4. The Hall–Kier alpha value is -3.19. The quantitative estimate of drug-likeness (QED) is 0.351. The van der Waals surface area contributed by atoms with Gasteiger partial charge in [-0.25, -0.2) is 9.37 Å². The van der Waals surface area contributed by atoms with Crippen LogP contribution >= 0.6 is 11.8 Å². The van der Waals surface area contributed by atoms with E-state index in [0.29, 0.717) is 16.5 Å². The molecule has 2 heterocycles. The first kappa shape index (κ1) is 20.1. The number of H-pyrrole nitrogens is 1. The first-order valence-electron chi connectivity index (χ1n) is 9.54. The first-order valence-corrected chi connectivity index (χ1v) is 10.5. The highest BCUT2D eigenvalue weighted by atomic mass is 32.2. The van der Waals surface area contributed by atoms with Gasteiger partial charge in [-0.3, -0.25) is 9.59 Å². The molecule has 2 aromatic carbocycles. The highest BCUT2D eigenvalue weighted by Crippen LogP contribution is 2.34. The summed E-state index contributed by atoms with van der Waals surface area (Å²) in [5.41, 5.74) is 2.97. The van der Waals surface area contributed by atoms with Crippen molar-refractivity contribution in [1.29, 1.82) is 0 Å². The van der Waals surface area contributed by atoms with Crippen LogP contribution in [-0.2, 0) is 17.0 Å². The van der Waals surface area contributed by atoms with Crippen molar-refractivity contribution >= 4 is 23.5 Å². The maximum atomic E-state index is 13.4. The number of fused-ring (bicyclic) bond motifs is 1.